The molecule has 0 radical (unpaired) electrons. The van der Waals surface area contributed by atoms with Crippen molar-refractivity contribution in [1.82, 2.24) is 9.97 Å². The number of carbonyl (C=O) groups excluding carboxylic acids is 1. The molecule has 98 valence electrons. The molecule has 0 aliphatic heterocycles. The Bertz CT molecular complexity index is 617. The van der Waals surface area contributed by atoms with Gasteiger partial charge in [-0.2, -0.15) is 0 Å². The van der Waals surface area contributed by atoms with Gasteiger partial charge in [-0.1, -0.05) is 12.1 Å². The Labute approximate surface area is 109 Å². The van der Waals surface area contributed by atoms with Gasteiger partial charge < -0.3 is 9.47 Å². The molecule has 0 aliphatic rings. The molecule has 0 saturated heterocycles. The number of benzene rings is 1. The third kappa shape index (κ3) is 2.52. The van der Waals surface area contributed by atoms with Gasteiger partial charge >= 0.3 is 5.97 Å². The number of esters is 1. The number of hydrogen-bond donors (Lipinski definition) is 0. The minimum absolute atomic E-state index is 0.0225. The summed E-state index contributed by atoms with van der Waals surface area (Å²) in [5, 5.41) is 0. The lowest BCUT2D eigenvalue weighted by molar-refractivity contribution is 0.0588. The normalized spacial score (nSPS) is 10.1. The van der Waals surface area contributed by atoms with E-state index in [1.807, 2.05) is 0 Å². The Morgan fingerprint density at radius 1 is 1.26 bits per heavy atom. The van der Waals surface area contributed by atoms with Crippen molar-refractivity contribution in [2.75, 3.05) is 14.2 Å². The lowest BCUT2D eigenvalue weighted by Gasteiger charge is -2.06. The molecule has 0 saturated carbocycles. The summed E-state index contributed by atoms with van der Waals surface area (Å²) in [6.45, 7) is 0. The summed E-state index contributed by atoms with van der Waals surface area (Å²) in [6.07, 6.45) is 1.12. The van der Waals surface area contributed by atoms with Crippen molar-refractivity contribution in [2.24, 2.45) is 0 Å². The first kappa shape index (κ1) is 12.9. The Balaban J connectivity index is 2.53. The van der Waals surface area contributed by atoms with Crippen molar-refractivity contribution >= 4 is 5.97 Å². The molecule has 2 aromatic rings. The fraction of sp³-hybridized carbons (Fsp3) is 0.154. The number of methoxy groups -OCH3 is 2. The average Bonchev–Trinajstić information content (AvgIpc) is 2.46. The van der Waals surface area contributed by atoms with E-state index in [0.29, 0.717) is 11.3 Å². The number of nitrogens with zero attached hydrogens (tertiary/aromatic N) is 2. The van der Waals surface area contributed by atoms with Crippen LogP contribution in [0.5, 0.6) is 5.75 Å². The van der Waals surface area contributed by atoms with Gasteiger partial charge in [-0.15, -0.1) is 0 Å². The molecule has 0 aliphatic carbocycles. The average molecular weight is 262 g/mol. The van der Waals surface area contributed by atoms with E-state index in [1.54, 1.807) is 24.3 Å². The summed E-state index contributed by atoms with van der Waals surface area (Å²) in [5.74, 6) is -1.10. The zero-order chi connectivity index (χ0) is 13.8. The van der Waals surface area contributed by atoms with Crippen molar-refractivity contribution in [3.8, 4) is 17.0 Å². The predicted octanol–water partition coefficient (Wildman–Crippen LogP) is 2.08. The van der Waals surface area contributed by atoms with E-state index in [9.17, 15) is 9.18 Å². The molecule has 0 unspecified atom stereocenters. The van der Waals surface area contributed by atoms with Gasteiger partial charge in [0.1, 0.15) is 17.8 Å². The topological polar surface area (TPSA) is 61.3 Å². The van der Waals surface area contributed by atoms with Crippen LogP contribution in [0.4, 0.5) is 4.39 Å². The van der Waals surface area contributed by atoms with Crippen molar-refractivity contribution in [3.63, 3.8) is 0 Å². The maximum Gasteiger partial charge on any atom is 0.359 e. The standard InChI is InChI=1S/C13H11FN2O3/c1-18-9-5-3-4-8(6-9)11-10(14)12(13(17)19-2)16-7-15-11/h3-7H,1-2H3. The lowest BCUT2D eigenvalue weighted by Crippen LogP contribution is -2.09. The Morgan fingerprint density at radius 2 is 2.05 bits per heavy atom. The Morgan fingerprint density at radius 3 is 2.74 bits per heavy atom. The van der Waals surface area contributed by atoms with E-state index in [1.165, 1.54) is 7.11 Å². The number of hydrogen-bond acceptors (Lipinski definition) is 5. The SMILES string of the molecule is COC(=O)c1ncnc(-c2cccc(OC)c2)c1F. The van der Waals surface area contributed by atoms with E-state index < -0.39 is 17.5 Å². The Hall–Kier alpha value is -2.50. The molecule has 1 aromatic heterocycles. The van der Waals surface area contributed by atoms with Crippen LogP contribution < -0.4 is 4.74 Å². The number of ether oxygens (including phenoxy) is 2. The molecule has 0 amide bonds. The summed E-state index contributed by atoms with van der Waals surface area (Å²) in [4.78, 5) is 18.8. The van der Waals surface area contributed by atoms with E-state index in [-0.39, 0.29) is 5.69 Å². The van der Waals surface area contributed by atoms with Crippen LogP contribution in [0.2, 0.25) is 0 Å². The van der Waals surface area contributed by atoms with Crippen LogP contribution in [0, 0.1) is 5.82 Å². The third-order valence-electron chi connectivity index (χ3n) is 2.51. The molecule has 0 atom stereocenters. The first-order chi connectivity index (χ1) is 9.17. The summed E-state index contributed by atoms with van der Waals surface area (Å²) < 4.78 is 23.7. The minimum Gasteiger partial charge on any atom is -0.497 e. The van der Waals surface area contributed by atoms with Gasteiger partial charge in [0, 0.05) is 5.56 Å². The van der Waals surface area contributed by atoms with Crippen LogP contribution in [-0.2, 0) is 4.74 Å². The van der Waals surface area contributed by atoms with Crippen molar-refractivity contribution < 1.29 is 18.7 Å². The van der Waals surface area contributed by atoms with Crippen molar-refractivity contribution in [2.45, 2.75) is 0 Å². The molecule has 1 aromatic carbocycles. The molecule has 5 nitrogen and oxygen atoms in total. The highest BCUT2D eigenvalue weighted by molar-refractivity contribution is 5.88. The predicted molar refractivity (Wildman–Crippen MR) is 65.3 cm³/mol. The first-order valence-electron chi connectivity index (χ1n) is 5.40. The van der Waals surface area contributed by atoms with Crippen LogP contribution >= 0.6 is 0 Å². The van der Waals surface area contributed by atoms with Gasteiger partial charge in [-0.3, -0.25) is 0 Å². The summed E-state index contributed by atoms with van der Waals surface area (Å²) in [7, 11) is 2.67. The van der Waals surface area contributed by atoms with E-state index in [0.717, 1.165) is 13.4 Å². The molecule has 19 heavy (non-hydrogen) atoms. The minimum atomic E-state index is -0.843. The fourth-order valence-electron chi connectivity index (χ4n) is 1.58. The van der Waals surface area contributed by atoms with Gasteiger partial charge in [0.25, 0.3) is 0 Å². The Kier molecular flexibility index (Phi) is 3.70. The molecule has 0 fully saturated rings. The van der Waals surface area contributed by atoms with Crippen LogP contribution in [0.1, 0.15) is 10.5 Å². The molecule has 1 heterocycles. The van der Waals surface area contributed by atoms with E-state index in [2.05, 4.69) is 14.7 Å². The lowest BCUT2D eigenvalue weighted by atomic mass is 10.1. The van der Waals surface area contributed by atoms with Gasteiger partial charge in [-0.05, 0) is 12.1 Å². The second-order valence-corrected chi connectivity index (χ2v) is 3.61. The summed E-state index contributed by atoms with van der Waals surface area (Å²) in [6, 6.07) is 6.71. The van der Waals surface area contributed by atoms with Crippen molar-refractivity contribution in [3.05, 3.63) is 42.1 Å². The highest BCUT2D eigenvalue weighted by Crippen LogP contribution is 2.25. The maximum atomic E-state index is 14.2. The van der Waals surface area contributed by atoms with Crippen LogP contribution in [0.15, 0.2) is 30.6 Å². The molecule has 0 spiro atoms. The fourth-order valence-corrected chi connectivity index (χ4v) is 1.58. The first-order valence-corrected chi connectivity index (χ1v) is 5.40. The maximum absolute atomic E-state index is 14.2. The number of aromatic nitrogens is 2. The monoisotopic (exact) mass is 262 g/mol. The number of halogens is 1. The van der Waals surface area contributed by atoms with E-state index >= 15 is 0 Å². The van der Waals surface area contributed by atoms with Crippen LogP contribution in [0.3, 0.4) is 0 Å². The molecule has 6 heteroatoms. The third-order valence-corrected chi connectivity index (χ3v) is 2.51. The second kappa shape index (κ2) is 5.43. The largest absolute Gasteiger partial charge is 0.497 e. The smallest absolute Gasteiger partial charge is 0.359 e. The summed E-state index contributed by atoms with van der Waals surface area (Å²) >= 11 is 0. The highest BCUT2D eigenvalue weighted by atomic mass is 19.1. The molecule has 0 bridgehead atoms. The molecule has 2 rings (SSSR count). The van der Waals surface area contributed by atoms with Crippen LogP contribution in [-0.4, -0.2) is 30.2 Å². The van der Waals surface area contributed by atoms with Gasteiger partial charge in [-0.25, -0.2) is 19.2 Å². The zero-order valence-electron chi connectivity index (χ0n) is 10.4. The van der Waals surface area contributed by atoms with Crippen molar-refractivity contribution in [1.29, 1.82) is 0 Å². The van der Waals surface area contributed by atoms with Gasteiger partial charge in [0.2, 0.25) is 0 Å². The number of rotatable bonds is 3. The van der Waals surface area contributed by atoms with Crippen LogP contribution in [0.25, 0.3) is 11.3 Å². The van der Waals surface area contributed by atoms with Gasteiger partial charge in [0.05, 0.1) is 14.2 Å². The van der Waals surface area contributed by atoms with E-state index in [4.69, 9.17) is 4.74 Å². The molecule has 0 N–H and O–H groups in total. The highest BCUT2D eigenvalue weighted by Gasteiger charge is 2.19. The number of carbonyl (C=O) groups is 1. The molecular formula is C13H11FN2O3. The second-order valence-electron chi connectivity index (χ2n) is 3.61. The zero-order valence-corrected chi connectivity index (χ0v) is 10.4. The molecular weight excluding hydrogens is 251 g/mol. The van der Waals surface area contributed by atoms with Gasteiger partial charge in [0.15, 0.2) is 11.5 Å². The quantitative estimate of drug-likeness (QED) is 0.792. The summed E-state index contributed by atoms with van der Waals surface area (Å²) in [5.41, 5.74) is 0.119.